The molecule has 0 amide bonds. The van der Waals surface area contributed by atoms with Crippen LogP contribution < -0.4 is 0 Å². The molecule has 1 heterocycles. The Morgan fingerprint density at radius 1 is 1.12 bits per heavy atom. The maximum Gasteiger partial charge on any atom is 0.102 e. The van der Waals surface area contributed by atoms with Gasteiger partial charge in [0.05, 0.1) is 6.07 Å². The van der Waals surface area contributed by atoms with Crippen LogP contribution in [0.15, 0.2) is 0 Å². The summed E-state index contributed by atoms with van der Waals surface area (Å²) >= 11 is 1.90. The van der Waals surface area contributed by atoms with Gasteiger partial charge in [0.2, 0.25) is 0 Å². The highest BCUT2D eigenvalue weighted by atomic mass is 32.2. The molecule has 0 bridgehead atoms. The van der Waals surface area contributed by atoms with Gasteiger partial charge in [-0.25, -0.2) is 0 Å². The van der Waals surface area contributed by atoms with E-state index in [2.05, 4.69) is 13.0 Å². The molecule has 2 heteroatoms. The van der Waals surface area contributed by atoms with Gasteiger partial charge in [0.25, 0.3) is 0 Å². The molecular formula is C14H25NS. The Bertz CT molecular complexity index is 213. The first kappa shape index (κ1) is 13.9. The van der Waals surface area contributed by atoms with Crippen molar-refractivity contribution in [3.8, 4) is 6.07 Å². The predicted molar refractivity (Wildman–Crippen MR) is 72.6 cm³/mol. The Morgan fingerprint density at radius 2 is 1.81 bits per heavy atom. The lowest BCUT2D eigenvalue weighted by Gasteiger charge is -2.18. The third kappa shape index (κ3) is 4.78. The summed E-state index contributed by atoms with van der Waals surface area (Å²) in [5, 5.41) is 9.22. The number of nitrogens with zero attached hydrogens (tertiary/aromatic N) is 1. The maximum absolute atomic E-state index is 9.22. The summed E-state index contributed by atoms with van der Waals surface area (Å²) in [7, 11) is 0. The van der Waals surface area contributed by atoms with E-state index < -0.39 is 0 Å². The van der Waals surface area contributed by atoms with E-state index in [0.717, 1.165) is 12.8 Å². The van der Waals surface area contributed by atoms with Crippen molar-refractivity contribution in [1.29, 1.82) is 5.26 Å². The van der Waals surface area contributed by atoms with E-state index in [-0.39, 0.29) is 4.75 Å². The van der Waals surface area contributed by atoms with Crippen LogP contribution in [-0.2, 0) is 0 Å². The molecule has 92 valence electrons. The Morgan fingerprint density at radius 3 is 2.38 bits per heavy atom. The van der Waals surface area contributed by atoms with Crippen molar-refractivity contribution in [2.75, 3.05) is 5.75 Å². The highest BCUT2D eigenvalue weighted by Gasteiger charge is 2.33. The van der Waals surface area contributed by atoms with Gasteiger partial charge in [0, 0.05) is 0 Å². The van der Waals surface area contributed by atoms with E-state index in [1.165, 1.54) is 57.1 Å². The fourth-order valence-electron chi connectivity index (χ4n) is 2.41. The minimum absolute atomic E-state index is 0.00339. The molecule has 0 spiro atoms. The van der Waals surface area contributed by atoms with E-state index >= 15 is 0 Å². The van der Waals surface area contributed by atoms with Gasteiger partial charge in [-0.3, -0.25) is 0 Å². The van der Waals surface area contributed by atoms with Gasteiger partial charge in [0.15, 0.2) is 0 Å². The van der Waals surface area contributed by atoms with Crippen molar-refractivity contribution < 1.29 is 0 Å². The summed E-state index contributed by atoms with van der Waals surface area (Å²) in [5.41, 5.74) is 0. The zero-order valence-corrected chi connectivity index (χ0v) is 11.5. The van der Waals surface area contributed by atoms with Crippen LogP contribution in [0.4, 0.5) is 0 Å². The van der Waals surface area contributed by atoms with Gasteiger partial charge < -0.3 is 0 Å². The van der Waals surface area contributed by atoms with Crippen LogP contribution in [0.1, 0.15) is 71.1 Å². The molecule has 0 radical (unpaired) electrons. The largest absolute Gasteiger partial charge is 0.197 e. The molecule has 16 heavy (non-hydrogen) atoms. The summed E-state index contributed by atoms with van der Waals surface area (Å²) in [5.74, 6) is 1.20. The predicted octanol–water partition coefficient (Wildman–Crippen LogP) is 4.92. The third-order valence-electron chi connectivity index (χ3n) is 3.49. The molecule has 0 aliphatic carbocycles. The molecule has 1 atom stereocenters. The van der Waals surface area contributed by atoms with Gasteiger partial charge in [-0.05, 0) is 25.0 Å². The number of hydrogen-bond acceptors (Lipinski definition) is 2. The molecule has 0 aromatic heterocycles. The monoisotopic (exact) mass is 239 g/mol. The standard InChI is InChI=1S/C14H25NS/c1-2-3-4-5-6-7-8-10-14(13-15)11-9-12-16-14/h2-12H2,1H3. The Kier molecular flexibility index (Phi) is 6.96. The average molecular weight is 239 g/mol. The van der Waals surface area contributed by atoms with Crippen LogP contribution in [0.2, 0.25) is 0 Å². The van der Waals surface area contributed by atoms with Gasteiger partial charge in [0.1, 0.15) is 4.75 Å². The van der Waals surface area contributed by atoms with Crippen LogP contribution >= 0.6 is 11.8 Å². The normalized spacial score (nSPS) is 24.5. The second-order valence-electron chi connectivity index (χ2n) is 4.93. The van der Waals surface area contributed by atoms with Gasteiger partial charge in [-0.1, -0.05) is 51.9 Å². The molecule has 1 nitrogen and oxygen atoms in total. The molecule has 0 saturated carbocycles. The lowest BCUT2D eigenvalue weighted by atomic mass is 9.96. The van der Waals surface area contributed by atoms with Gasteiger partial charge in [-0.15, -0.1) is 11.8 Å². The number of unbranched alkanes of at least 4 members (excludes halogenated alkanes) is 6. The molecule has 0 aromatic carbocycles. The smallest absolute Gasteiger partial charge is 0.102 e. The van der Waals surface area contributed by atoms with Crippen molar-refractivity contribution >= 4 is 11.8 Å². The summed E-state index contributed by atoms with van der Waals surface area (Å²) < 4.78 is 0.00339. The number of nitriles is 1. The average Bonchev–Trinajstić information content (AvgIpc) is 2.77. The first-order chi connectivity index (χ1) is 7.83. The summed E-state index contributed by atoms with van der Waals surface area (Å²) in [6.07, 6.45) is 13.0. The molecule has 1 aliphatic rings. The molecule has 1 aliphatic heterocycles. The molecule has 1 unspecified atom stereocenters. The maximum atomic E-state index is 9.22. The lowest BCUT2D eigenvalue weighted by Crippen LogP contribution is -2.17. The fourth-order valence-corrected chi connectivity index (χ4v) is 3.73. The number of thioether (sulfide) groups is 1. The topological polar surface area (TPSA) is 23.8 Å². The van der Waals surface area contributed by atoms with E-state index in [0.29, 0.717) is 0 Å². The molecule has 1 fully saturated rings. The highest BCUT2D eigenvalue weighted by molar-refractivity contribution is 8.01. The lowest BCUT2D eigenvalue weighted by molar-refractivity contribution is 0.535. The van der Waals surface area contributed by atoms with Crippen molar-refractivity contribution in [1.82, 2.24) is 0 Å². The Balaban J connectivity index is 2.00. The Hall–Kier alpha value is -0.160. The first-order valence-electron chi connectivity index (χ1n) is 6.88. The van der Waals surface area contributed by atoms with E-state index in [1.807, 2.05) is 11.8 Å². The van der Waals surface area contributed by atoms with Crippen LogP contribution in [0.25, 0.3) is 0 Å². The van der Waals surface area contributed by atoms with Gasteiger partial charge in [-0.2, -0.15) is 5.26 Å². The quantitative estimate of drug-likeness (QED) is 0.562. The second kappa shape index (κ2) is 8.01. The van der Waals surface area contributed by atoms with Crippen LogP contribution in [-0.4, -0.2) is 10.5 Å². The Labute approximate surface area is 105 Å². The van der Waals surface area contributed by atoms with Crippen molar-refractivity contribution in [3.63, 3.8) is 0 Å². The number of rotatable bonds is 8. The molecule has 1 rings (SSSR count). The summed E-state index contributed by atoms with van der Waals surface area (Å²) in [4.78, 5) is 0. The third-order valence-corrected chi connectivity index (χ3v) is 5.04. The summed E-state index contributed by atoms with van der Waals surface area (Å²) in [6, 6.07) is 2.55. The first-order valence-corrected chi connectivity index (χ1v) is 7.87. The van der Waals surface area contributed by atoms with Crippen molar-refractivity contribution in [2.45, 2.75) is 75.9 Å². The molecule has 0 N–H and O–H groups in total. The zero-order chi connectivity index (χ0) is 11.7. The van der Waals surface area contributed by atoms with Crippen LogP contribution in [0.3, 0.4) is 0 Å². The summed E-state index contributed by atoms with van der Waals surface area (Å²) in [6.45, 7) is 2.26. The van der Waals surface area contributed by atoms with Crippen LogP contribution in [0, 0.1) is 11.3 Å². The molecular weight excluding hydrogens is 214 g/mol. The minimum Gasteiger partial charge on any atom is -0.197 e. The number of hydrogen-bond donors (Lipinski definition) is 0. The van der Waals surface area contributed by atoms with E-state index in [1.54, 1.807) is 0 Å². The van der Waals surface area contributed by atoms with Crippen molar-refractivity contribution in [3.05, 3.63) is 0 Å². The second-order valence-corrected chi connectivity index (χ2v) is 6.41. The van der Waals surface area contributed by atoms with Crippen LogP contribution in [0.5, 0.6) is 0 Å². The molecule has 0 aromatic rings. The zero-order valence-electron chi connectivity index (χ0n) is 10.6. The molecule has 1 saturated heterocycles. The minimum atomic E-state index is 0.00339. The fraction of sp³-hybridized carbons (Fsp3) is 0.929. The van der Waals surface area contributed by atoms with Gasteiger partial charge >= 0.3 is 0 Å². The van der Waals surface area contributed by atoms with E-state index in [4.69, 9.17) is 0 Å². The van der Waals surface area contributed by atoms with E-state index in [9.17, 15) is 5.26 Å². The van der Waals surface area contributed by atoms with Crippen molar-refractivity contribution in [2.24, 2.45) is 0 Å². The SMILES string of the molecule is CCCCCCCCCC1(C#N)CCCS1. The highest BCUT2D eigenvalue weighted by Crippen LogP contribution is 2.41.